The van der Waals surface area contributed by atoms with Gasteiger partial charge in [0.25, 0.3) is 0 Å². The highest BCUT2D eigenvalue weighted by Gasteiger charge is 2.28. The Morgan fingerprint density at radius 1 is 1.44 bits per heavy atom. The Bertz CT molecular complexity index is 419. The minimum atomic E-state index is -0.597. The van der Waals surface area contributed by atoms with Crippen molar-refractivity contribution in [3.63, 3.8) is 0 Å². The average Bonchev–Trinajstić information content (AvgIpc) is 2.78. The number of amides is 1. The molecule has 0 bridgehead atoms. The number of hydrogen-bond acceptors (Lipinski definition) is 4. The molecule has 1 saturated heterocycles. The van der Waals surface area contributed by atoms with E-state index in [1.54, 1.807) is 29.2 Å². The summed E-state index contributed by atoms with van der Waals surface area (Å²) in [7, 11) is 0. The molecule has 1 aliphatic heterocycles. The number of phenolic OH excluding ortho intramolecular Hbond substituents is 1. The maximum absolute atomic E-state index is 12.0. The molecule has 0 saturated carbocycles. The zero-order chi connectivity index (χ0) is 13.1. The van der Waals surface area contributed by atoms with Gasteiger partial charge < -0.3 is 20.8 Å². The van der Waals surface area contributed by atoms with Crippen molar-refractivity contribution in [1.29, 1.82) is 0 Å². The lowest BCUT2D eigenvalue weighted by molar-refractivity contribution is -0.131. The van der Waals surface area contributed by atoms with E-state index < -0.39 is 12.1 Å². The normalized spacial score (nSPS) is 21.0. The summed E-state index contributed by atoms with van der Waals surface area (Å²) in [4.78, 5) is 13.6. The Labute approximate surface area is 106 Å². The number of carbonyl (C=O) groups excluding carboxylic acids is 1. The van der Waals surface area contributed by atoms with Crippen LogP contribution in [-0.4, -0.2) is 46.3 Å². The number of rotatable bonds is 3. The van der Waals surface area contributed by atoms with E-state index in [1.165, 1.54) is 0 Å². The Kier molecular flexibility index (Phi) is 3.84. The van der Waals surface area contributed by atoms with E-state index in [9.17, 15) is 9.90 Å². The zero-order valence-corrected chi connectivity index (χ0v) is 10.1. The van der Waals surface area contributed by atoms with Gasteiger partial charge in [0, 0.05) is 13.1 Å². The standard InChI is InChI=1S/C13H18N2O3/c14-12(7-9-1-3-10(16)4-2-9)13(18)15-6-5-11(17)8-15/h1-4,11-12,16-17H,5-8,14H2/t11-,12-/m1/s1. The SMILES string of the molecule is N[C@H](Cc1ccc(O)cc1)C(=O)N1CC[C@@H](O)C1. The quantitative estimate of drug-likeness (QED) is 0.696. The summed E-state index contributed by atoms with van der Waals surface area (Å²) in [6.07, 6.45) is 0.637. The van der Waals surface area contributed by atoms with Crippen LogP contribution in [0.3, 0.4) is 0 Å². The van der Waals surface area contributed by atoms with Crippen molar-refractivity contribution in [2.75, 3.05) is 13.1 Å². The number of benzene rings is 1. The van der Waals surface area contributed by atoms with E-state index in [1.807, 2.05) is 0 Å². The first-order chi connectivity index (χ1) is 8.56. The third kappa shape index (κ3) is 3.00. The van der Waals surface area contributed by atoms with Crippen molar-refractivity contribution >= 4 is 5.91 Å². The highest BCUT2D eigenvalue weighted by atomic mass is 16.3. The van der Waals surface area contributed by atoms with Crippen LogP contribution in [0, 0.1) is 0 Å². The lowest BCUT2D eigenvalue weighted by Gasteiger charge is -2.20. The molecule has 2 rings (SSSR count). The second-order valence-corrected chi connectivity index (χ2v) is 4.70. The van der Waals surface area contributed by atoms with E-state index in [-0.39, 0.29) is 11.7 Å². The molecule has 4 N–H and O–H groups in total. The largest absolute Gasteiger partial charge is 0.508 e. The summed E-state index contributed by atoms with van der Waals surface area (Å²) in [6.45, 7) is 0.950. The number of nitrogens with zero attached hydrogens (tertiary/aromatic N) is 1. The molecule has 1 fully saturated rings. The van der Waals surface area contributed by atoms with Gasteiger partial charge in [0.15, 0.2) is 0 Å². The molecule has 0 spiro atoms. The number of aliphatic hydroxyl groups is 1. The summed E-state index contributed by atoms with van der Waals surface area (Å²) in [6, 6.07) is 6.06. The molecule has 5 heteroatoms. The van der Waals surface area contributed by atoms with Crippen LogP contribution >= 0.6 is 0 Å². The molecule has 18 heavy (non-hydrogen) atoms. The van der Waals surface area contributed by atoms with Crippen LogP contribution in [0.5, 0.6) is 5.75 Å². The minimum absolute atomic E-state index is 0.125. The van der Waals surface area contributed by atoms with Crippen LogP contribution in [0.2, 0.25) is 0 Å². The van der Waals surface area contributed by atoms with Gasteiger partial charge in [-0.1, -0.05) is 12.1 Å². The molecule has 0 aromatic heterocycles. The van der Waals surface area contributed by atoms with Crippen LogP contribution in [0.1, 0.15) is 12.0 Å². The second kappa shape index (κ2) is 5.37. The topological polar surface area (TPSA) is 86.8 Å². The number of aliphatic hydroxyl groups excluding tert-OH is 1. The van der Waals surface area contributed by atoms with Crippen LogP contribution in [-0.2, 0) is 11.2 Å². The van der Waals surface area contributed by atoms with Crippen molar-refractivity contribution in [2.45, 2.75) is 25.0 Å². The van der Waals surface area contributed by atoms with Gasteiger partial charge in [0.2, 0.25) is 5.91 Å². The monoisotopic (exact) mass is 250 g/mol. The van der Waals surface area contributed by atoms with Crippen LogP contribution in [0.15, 0.2) is 24.3 Å². The van der Waals surface area contributed by atoms with Crippen LogP contribution in [0.25, 0.3) is 0 Å². The van der Waals surface area contributed by atoms with Crippen molar-refractivity contribution in [1.82, 2.24) is 4.90 Å². The summed E-state index contributed by atoms with van der Waals surface area (Å²) in [5, 5.41) is 18.6. The fourth-order valence-electron chi connectivity index (χ4n) is 2.15. The number of nitrogens with two attached hydrogens (primary N) is 1. The van der Waals surface area contributed by atoms with Gasteiger partial charge in [0.1, 0.15) is 5.75 Å². The van der Waals surface area contributed by atoms with Gasteiger partial charge >= 0.3 is 0 Å². The first-order valence-electron chi connectivity index (χ1n) is 6.06. The lowest BCUT2D eigenvalue weighted by atomic mass is 10.1. The van der Waals surface area contributed by atoms with E-state index in [0.717, 1.165) is 5.56 Å². The van der Waals surface area contributed by atoms with Gasteiger partial charge in [0.05, 0.1) is 12.1 Å². The highest BCUT2D eigenvalue weighted by molar-refractivity contribution is 5.82. The average molecular weight is 250 g/mol. The molecule has 1 heterocycles. The molecule has 0 aliphatic carbocycles. The number of carbonyl (C=O) groups is 1. The predicted octanol–water partition coefficient (Wildman–Crippen LogP) is -0.145. The Hall–Kier alpha value is -1.59. The van der Waals surface area contributed by atoms with Gasteiger partial charge in [-0.25, -0.2) is 0 Å². The molecule has 1 amide bonds. The van der Waals surface area contributed by atoms with Crippen molar-refractivity contribution in [2.24, 2.45) is 5.73 Å². The molecular weight excluding hydrogens is 232 g/mol. The van der Waals surface area contributed by atoms with Crippen molar-refractivity contribution < 1.29 is 15.0 Å². The van der Waals surface area contributed by atoms with Gasteiger partial charge in [-0.15, -0.1) is 0 Å². The number of likely N-dealkylation sites (tertiary alicyclic amines) is 1. The fraction of sp³-hybridized carbons (Fsp3) is 0.462. The van der Waals surface area contributed by atoms with Crippen LogP contribution < -0.4 is 5.73 Å². The molecule has 1 aromatic carbocycles. The molecular formula is C13H18N2O3. The number of hydrogen-bond donors (Lipinski definition) is 3. The molecule has 1 aromatic rings. The van der Waals surface area contributed by atoms with E-state index in [4.69, 9.17) is 10.8 Å². The van der Waals surface area contributed by atoms with E-state index >= 15 is 0 Å². The molecule has 0 radical (unpaired) electrons. The molecule has 98 valence electrons. The van der Waals surface area contributed by atoms with E-state index in [0.29, 0.717) is 25.9 Å². The minimum Gasteiger partial charge on any atom is -0.508 e. The van der Waals surface area contributed by atoms with Gasteiger partial charge in [-0.3, -0.25) is 4.79 Å². The summed E-state index contributed by atoms with van der Waals surface area (Å²) < 4.78 is 0. The zero-order valence-electron chi connectivity index (χ0n) is 10.1. The smallest absolute Gasteiger partial charge is 0.239 e. The summed E-state index contributed by atoms with van der Waals surface area (Å²) >= 11 is 0. The lowest BCUT2D eigenvalue weighted by Crippen LogP contribution is -2.44. The third-order valence-electron chi connectivity index (χ3n) is 3.18. The number of β-amino-alcohol motifs (C(OH)–C–C–N with tert-alkyl or cyclic N) is 1. The molecule has 0 unspecified atom stereocenters. The third-order valence-corrected chi connectivity index (χ3v) is 3.18. The fourth-order valence-corrected chi connectivity index (χ4v) is 2.15. The molecule has 2 atom stereocenters. The first kappa shape index (κ1) is 12.9. The van der Waals surface area contributed by atoms with Crippen molar-refractivity contribution in [3.8, 4) is 5.75 Å². The molecule has 5 nitrogen and oxygen atoms in total. The predicted molar refractivity (Wildman–Crippen MR) is 67.0 cm³/mol. The summed E-state index contributed by atoms with van der Waals surface area (Å²) in [5.74, 6) is 0.0703. The van der Waals surface area contributed by atoms with Gasteiger partial charge in [-0.2, -0.15) is 0 Å². The number of phenols is 1. The van der Waals surface area contributed by atoms with E-state index in [2.05, 4.69) is 0 Å². The first-order valence-corrected chi connectivity index (χ1v) is 6.06. The second-order valence-electron chi connectivity index (χ2n) is 4.70. The molecule has 1 aliphatic rings. The maximum atomic E-state index is 12.0. The Morgan fingerprint density at radius 3 is 2.67 bits per heavy atom. The highest BCUT2D eigenvalue weighted by Crippen LogP contribution is 2.14. The van der Waals surface area contributed by atoms with Crippen LogP contribution in [0.4, 0.5) is 0 Å². The maximum Gasteiger partial charge on any atom is 0.239 e. The summed E-state index contributed by atoms with van der Waals surface area (Å²) in [5.41, 5.74) is 6.79. The Balaban J connectivity index is 1.93. The van der Waals surface area contributed by atoms with Crippen molar-refractivity contribution in [3.05, 3.63) is 29.8 Å². The number of aromatic hydroxyl groups is 1. The van der Waals surface area contributed by atoms with Gasteiger partial charge in [-0.05, 0) is 30.5 Å². The Morgan fingerprint density at radius 2 is 2.11 bits per heavy atom.